The number of anilines is 1. The van der Waals surface area contributed by atoms with E-state index in [0.717, 1.165) is 22.3 Å². The van der Waals surface area contributed by atoms with Crippen molar-refractivity contribution in [3.8, 4) is 0 Å². The lowest BCUT2D eigenvalue weighted by Crippen LogP contribution is -2.29. The van der Waals surface area contributed by atoms with Crippen molar-refractivity contribution >= 4 is 22.8 Å². The number of benzene rings is 2. The van der Waals surface area contributed by atoms with Crippen molar-refractivity contribution in [1.82, 2.24) is 25.1 Å². The Bertz CT molecular complexity index is 1330. The smallest absolute Gasteiger partial charge is 0.221 e. The summed E-state index contributed by atoms with van der Waals surface area (Å²) in [6.07, 6.45) is 5.26. The molecule has 3 aromatic heterocycles. The minimum Gasteiger partial charge on any atom is -0.467 e. The Labute approximate surface area is 203 Å². The van der Waals surface area contributed by atoms with E-state index in [-0.39, 0.29) is 11.8 Å². The molecule has 8 heteroatoms. The lowest BCUT2D eigenvalue weighted by molar-refractivity contribution is -0.121. The van der Waals surface area contributed by atoms with Crippen molar-refractivity contribution in [2.45, 2.75) is 25.4 Å². The standard InChI is InChI=1S/C27H26N6O2/c34-25(16-23(20-8-3-1-4-9-20)21-10-5-2-6-11-21)28-13-14-33-27-24(18-32-33)26(30-19-31-27)29-17-22-12-7-15-35-22/h1-12,15,18-19,23H,13-14,16-17H2,(H,28,34)(H,29,30,31). The van der Waals surface area contributed by atoms with Gasteiger partial charge in [-0.05, 0) is 23.3 Å². The summed E-state index contributed by atoms with van der Waals surface area (Å²) in [6, 6.07) is 24.0. The second kappa shape index (κ2) is 10.6. The van der Waals surface area contributed by atoms with Crippen LogP contribution in [0.1, 0.15) is 29.2 Å². The summed E-state index contributed by atoms with van der Waals surface area (Å²) in [5, 5.41) is 11.6. The lowest BCUT2D eigenvalue weighted by atomic mass is 9.88. The van der Waals surface area contributed by atoms with Crippen LogP contribution >= 0.6 is 0 Å². The fraction of sp³-hybridized carbons (Fsp3) is 0.185. The Kier molecular flexibility index (Phi) is 6.79. The topological polar surface area (TPSA) is 97.9 Å². The molecule has 0 atom stereocenters. The van der Waals surface area contributed by atoms with Gasteiger partial charge < -0.3 is 15.1 Å². The largest absolute Gasteiger partial charge is 0.467 e. The minimum absolute atomic E-state index is 0.00142. The van der Waals surface area contributed by atoms with Gasteiger partial charge in [0.15, 0.2) is 5.65 Å². The second-order valence-corrected chi connectivity index (χ2v) is 8.19. The van der Waals surface area contributed by atoms with Gasteiger partial charge in [0.25, 0.3) is 0 Å². The maximum Gasteiger partial charge on any atom is 0.221 e. The van der Waals surface area contributed by atoms with Crippen molar-refractivity contribution < 1.29 is 9.21 Å². The van der Waals surface area contributed by atoms with Crippen LogP contribution in [-0.2, 0) is 17.9 Å². The Hall–Kier alpha value is -4.46. The zero-order chi connectivity index (χ0) is 23.9. The molecular weight excluding hydrogens is 440 g/mol. The second-order valence-electron chi connectivity index (χ2n) is 8.19. The minimum atomic E-state index is -0.00500. The molecule has 0 unspecified atom stereocenters. The highest BCUT2D eigenvalue weighted by Gasteiger charge is 2.18. The lowest BCUT2D eigenvalue weighted by Gasteiger charge is -2.18. The van der Waals surface area contributed by atoms with Gasteiger partial charge in [-0.1, -0.05) is 60.7 Å². The first kappa shape index (κ1) is 22.3. The quantitative estimate of drug-likeness (QED) is 0.317. The van der Waals surface area contributed by atoms with Crippen LogP contribution in [0.15, 0.2) is 96.0 Å². The van der Waals surface area contributed by atoms with E-state index in [9.17, 15) is 4.79 Å². The van der Waals surface area contributed by atoms with Crippen LogP contribution < -0.4 is 10.6 Å². The van der Waals surface area contributed by atoms with E-state index in [1.54, 1.807) is 17.1 Å². The van der Waals surface area contributed by atoms with Crippen LogP contribution in [0.2, 0.25) is 0 Å². The highest BCUT2D eigenvalue weighted by atomic mass is 16.3. The number of furan rings is 1. The predicted molar refractivity (Wildman–Crippen MR) is 134 cm³/mol. The third-order valence-electron chi connectivity index (χ3n) is 5.88. The van der Waals surface area contributed by atoms with E-state index >= 15 is 0 Å². The Morgan fingerprint density at radius 3 is 2.37 bits per heavy atom. The van der Waals surface area contributed by atoms with Crippen LogP contribution in [0.3, 0.4) is 0 Å². The number of hydrogen-bond acceptors (Lipinski definition) is 6. The van der Waals surface area contributed by atoms with Crippen molar-refractivity contribution in [2.24, 2.45) is 0 Å². The monoisotopic (exact) mass is 466 g/mol. The van der Waals surface area contributed by atoms with Gasteiger partial charge in [0.2, 0.25) is 5.91 Å². The molecule has 8 nitrogen and oxygen atoms in total. The molecule has 5 aromatic rings. The number of amides is 1. The molecule has 0 spiro atoms. The van der Waals surface area contributed by atoms with E-state index in [2.05, 4.69) is 50.0 Å². The molecule has 0 aliphatic carbocycles. The van der Waals surface area contributed by atoms with Crippen LogP contribution in [-0.4, -0.2) is 32.2 Å². The SMILES string of the molecule is O=C(CC(c1ccccc1)c1ccccc1)NCCn1ncc2c(NCc3ccco3)ncnc21. The highest BCUT2D eigenvalue weighted by molar-refractivity contribution is 5.86. The Morgan fingerprint density at radius 1 is 0.943 bits per heavy atom. The van der Waals surface area contributed by atoms with E-state index in [0.29, 0.717) is 37.5 Å². The third-order valence-corrected chi connectivity index (χ3v) is 5.88. The molecule has 0 aliphatic rings. The molecule has 1 amide bonds. The molecule has 0 saturated carbocycles. The molecule has 0 bridgehead atoms. The van der Waals surface area contributed by atoms with Crippen molar-refractivity contribution in [3.63, 3.8) is 0 Å². The Balaban J connectivity index is 1.21. The van der Waals surface area contributed by atoms with Gasteiger partial charge in [-0.3, -0.25) is 4.79 Å². The van der Waals surface area contributed by atoms with E-state index < -0.39 is 0 Å². The normalized spacial score (nSPS) is 11.1. The molecule has 0 radical (unpaired) electrons. The molecule has 0 fully saturated rings. The zero-order valence-corrected chi connectivity index (χ0v) is 19.2. The number of carbonyl (C=O) groups excluding carboxylic acids is 1. The zero-order valence-electron chi connectivity index (χ0n) is 19.2. The number of rotatable bonds is 10. The molecule has 35 heavy (non-hydrogen) atoms. The maximum absolute atomic E-state index is 12.9. The van der Waals surface area contributed by atoms with Crippen molar-refractivity contribution in [3.05, 3.63) is 108 Å². The summed E-state index contributed by atoms with van der Waals surface area (Å²) >= 11 is 0. The summed E-state index contributed by atoms with van der Waals surface area (Å²) in [4.78, 5) is 21.6. The summed E-state index contributed by atoms with van der Waals surface area (Å²) in [7, 11) is 0. The first-order chi connectivity index (χ1) is 17.3. The molecule has 2 N–H and O–H groups in total. The van der Waals surface area contributed by atoms with Gasteiger partial charge in [-0.25, -0.2) is 14.6 Å². The summed E-state index contributed by atoms with van der Waals surface area (Å²) in [5.41, 5.74) is 2.96. The number of fused-ring (bicyclic) bond motifs is 1. The number of hydrogen-bond donors (Lipinski definition) is 2. The Morgan fingerprint density at radius 2 is 1.69 bits per heavy atom. The molecule has 2 aromatic carbocycles. The van der Waals surface area contributed by atoms with E-state index in [4.69, 9.17) is 4.42 Å². The summed E-state index contributed by atoms with van der Waals surface area (Å²) in [5.74, 6) is 1.50. The van der Waals surface area contributed by atoms with Crippen LogP contribution in [0.4, 0.5) is 5.82 Å². The van der Waals surface area contributed by atoms with E-state index in [1.807, 2.05) is 48.5 Å². The maximum atomic E-state index is 12.9. The molecule has 0 saturated heterocycles. The van der Waals surface area contributed by atoms with Gasteiger partial charge in [0.05, 0.1) is 30.9 Å². The van der Waals surface area contributed by atoms with Gasteiger partial charge in [-0.15, -0.1) is 0 Å². The molecular formula is C27H26N6O2. The van der Waals surface area contributed by atoms with Gasteiger partial charge >= 0.3 is 0 Å². The summed E-state index contributed by atoms with van der Waals surface area (Å²) in [6.45, 7) is 1.47. The molecule has 5 rings (SSSR count). The number of nitrogens with zero attached hydrogens (tertiary/aromatic N) is 4. The number of nitrogens with one attached hydrogen (secondary N) is 2. The molecule has 176 valence electrons. The van der Waals surface area contributed by atoms with Crippen LogP contribution in [0, 0.1) is 0 Å². The predicted octanol–water partition coefficient (Wildman–Crippen LogP) is 4.37. The fourth-order valence-electron chi connectivity index (χ4n) is 4.14. The number of carbonyl (C=O) groups is 1. The highest BCUT2D eigenvalue weighted by Crippen LogP contribution is 2.27. The van der Waals surface area contributed by atoms with Gasteiger partial charge in [-0.2, -0.15) is 5.10 Å². The average molecular weight is 467 g/mol. The average Bonchev–Trinajstić information content (AvgIpc) is 3.58. The first-order valence-corrected chi connectivity index (χ1v) is 11.6. The van der Waals surface area contributed by atoms with Gasteiger partial charge in [0.1, 0.15) is 17.9 Å². The van der Waals surface area contributed by atoms with Crippen LogP contribution in [0.25, 0.3) is 11.0 Å². The van der Waals surface area contributed by atoms with Crippen molar-refractivity contribution in [2.75, 3.05) is 11.9 Å². The first-order valence-electron chi connectivity index (χ1n) is 11.6. The molecule has 0 aliphatic heterocycles. The van der Waals surface area contributed by atoms with E-state index in [1.165, 1.54) is 6.33 Å². The van der Waals surface area contributed by atoms with Crippen LogP contribution in [0.5, 0.6) is 0 Å². The third kappa shape index (κ3) is 5.38. The molecule has 3 heterocycles. The fourth-order valence-corrected chi connectivity index (χ4v) is 4.14. The summed E-state index contributed by atoms with van der Waals surface area (Å²) < 4.78 is 7.14. The number of aromatic nitrogens is 4. The van der Waals surface area contributed by atoms with Gasteiger partial charge in [0, 0.05) is 18.9 Å². The van der Waals surface area contributed by atoms with Crippen molar-refractivity contribution in [1.29, 1.82) is 0 Å².